The fourth-order valence-electron chi connectivity index (χ4n) is 3.66. The molecule has 3 aromatic heterocycles. The van der Waals surface area contributed by atoms with Crippen LogP contribution in [0.1, 0.15) is 28.4 Å². The number of fused-ring (bicyclic) bond motifs is 1. The summed E-state index contributed by atoms with van der Waals surface area (Å²) in [6, 6.07) is 17.6. The van der Waals surface area contributed by atoms with Crippen molar-refractivity contribution >= 4 is 22.8 Å². The number of benzene rings is 2. The molecule has 1 N–H and O–H groups in total. The third-order valence-corrected chi connectivity index (χ3v) is 5.44. The third-order valence-electron chi connectivity index (χ3n) is 5.44. The second kappa shape index (κ2) is 8.66. The van der Waals surface area contributed by atoms with Gasteiger partial charge < -0.3 is 0 Å². The molecule has 8 heteroatoms. The van der Waals surface area contributed by atoms with Gasteiger partial charge >= 0.3 is 0 Å². The minimum atomic E-state index is -0.286. The number of anilines is 1. The Kier molecular flexibility index (Phi) is 5.40. The molecule has 0 saturated carbocycles. The van der Waals surface area contributed by atoms with Gasteiger partial charge in [0.25, 0.3) is 5.91 Å². The molecule has 164 valence electrons. The van der Waals surface area contributed by atoms with Gasteiger partial charge in [-0.2, -0.15) is 5.10 Å². The quantitative estimate of drug-likeness (QED) is 0.427. The first kappa shape index (κ1) is 20.6. The van der Waals surface area contributed by atoms with Crippen LogP contribution in [0.5, 0.6) is 0 Å². The molecule has 0 unspecified atom stereocenters. The Labute approximate surface area is 190 Å². The maximum absolute atomic E-state index is 13.2. The van der Waals surface area contributed by atoms with Crippen molar-refractivity contribution in [3.63, 3.8) is 0 Å². The molecule has 0 fully saturated rings. The monoisotopic (exact) mass is 437 g/mol. The minimum Gasteiger partial charge on any atom is -0.289 e. The molecule has 33 heavy (non-hydrogen) atoms. The first-order valence-electron chi connectivity index (χ1n) is 10.8. The summed E-state index contributed by atoms with van der Waals surface area (Å²) in [7, 11) is 0. The van der Waals surface area contributed by atoms with E-state index in [1.54, 1.807) is 23.3 Å². The van der Waals surface area contributed by atoms with Gasteiger partial charge in [0.1, 0.15) is 6.33 Å². The van der Waals surface area contributed by atoms with Crippen molar-refractivity contribution in [3.8, 4) is 11.3 Å². The van der Waals surface area contributed by atoms with Crippen LogP contribution in [-0.2, 0) is 13.1 Å². The standard InChI is InChI=1S/C25H23N7O/c1-3-31-15-19(13-27-31)23-12-21(20-6-4-5-7-22(20)28-23)24(33)29-25-26-16-32(30-25)14-18-10-8-17(2)9-11-18/h4-13,15-16H,3,14H2,1-2H3,(H,29,30,33). The number of amides is 1. The van der Waals surface area contributed by atoms with E-state index in [-0.39, 0.29) is 11.9 Å². The highest BCUT2D eigenvalue weighted by Gasteiger charge is 2.16. The predicted octanol–water partition coefficient (Wildman–Crippen LogP) is 4.32. The summed E-state index contributed by atoms with van der Waals surface area (Å²) in [5, 5.41) is 12.3. The van der Waals surface area contributed by atoms with Crippen LogP contribution < -0.4 is 5.32 Å². The van der Waals surface area contributed by atoms with Crippen molar-refractivity contribution in [1.29, 1.82) is 0 Å². The van der Waals surface area contributed by atoms with E-state index >= 15 is 0 Å². The van der Waals surface area contributed by atoms with Gasteiger partial charge in [0.15, 0.2) is 0 Å². The lowest BCUT2D eigenvalue weighted by molar-refractivity contribution is 0.102. The Balaban J connectivity index is 1.42. The maximum Gasteiger partial charge on any atom is 0.258 e. The van der Waals surface area contributed by atoms with Gasteiger partial charge in [-0.15, -0.1) is 5.10 Å². The molecule has 0 saturated heterocycles. The van der Waals surface area contributed by atoms with Crippen molar-refractivity contribution in [2.75, 3.05) is 5.32 Å². The van der Waals surface area contributed by atoms with Gasteiger partial charge in [0, 0.05) is 23.7 Å². The SMILES string of the molecule is CCn1cc(-c2cc(C(=O)Nc3ncn(Cc4ccc(C)cc4)n3)c3ccccc3n2)cn1. The first-order chi connectivity index (χ1) is 16.1. The van der Waals surface area contributed by atoms with Crippen LogP contribution in [0.15, 0.2) is 73.3 Å². The zero-order valence-corrected chi connectivity index (χ0v) is 18.4. The highest BCUT2D eigenvalue weighted by atomic mass is 16.1. The molecular weight excluding hydrogens is 414 g/mol. The minimum absolute atomic E-state index is 0.258. The second-order valence-electron chi connectivity index (χ2n) is 7.86. The number of nitrogens with one attached hydrogen (secondary N) is 1. The summed E-state index contributed by atoms with van der Waals surface area (Å²) < 4.78 is 3.53. The second-order valence-corrected chi connectivity index (χ2v) is 7.86. The number of para-hydroxylation sites is 1. The summed E-state index contributed by atoms with van der Waals surface area (Å²) >= 11 is 0. The van der Waals surface area contributed by atoms with E-state index in [9.17, 15) is 4.79 Å². The lowest BCUT2D eigenvalue weighted by Crippen LogP contribution is -2.14. The van der Waals surface area contributed by atoms with Gasteiger partial charge in [-0.25, -0.2) is 14.6 Å². The third kappa shape index (κ3) is 4.36. The number of aryl methyl sites for hydroxylation is 2. The van der Waals surface area contributed by atoms with Crippen LogP contribution in [-0.4, -0.2) is 35.4 Å². The largest absolute Gasteiger partial charge is 0.289 e. The zero-order valence-electron chi connectivity index (χ0n) is 18.4. The molecule has 0 radical (unpaired) electrons. The van der Waals surface area contributed by atoms with Crippen LogP contribution in [0, 0.1) is 6.92 Å². The number of carbonyl (C=O) groups excluding carboxylic acids is 1. The maximum atomic E-state index is 13.2. The Morgan fingerprint density at radius 2 is 1.88 bits per heavy atom. The highest BCUT2D eigenvalue weighted by molar-refractivity contribution is 6.12. The van der Waals surface area contributed by atoms with Crippen LogP contribution in [0.3, 0.4) is 0 Å². The number of carbonyl (C=O) groups is 1. The van der Waals surface area contributed by atoms with Gasteiger partial charge in [-0.05, 0) is 31.5 Å². The van der Waals surface area contributed by atoms with Gasteiger partial charge in [-0.3, -0.25) is 14.8 Å². The van der Waals surface area contributed by atoms with E-state index in [4.69, 9.17) is 4.98 Å². The summed E-state index contributed by atoms with van der Waals surface area (Å²) in [6.45, 7) is 5.41. The van der Waals surface area contributed by atoms with Crippen molar-refractivity contribution in [3.05, 3.63) is 90.0 Å². The molecule has 5 rings (SSSR count). The summed E-state index contributed by atoms with van der Waals surface area (Å²) in [4.78, 5) is 22.2. The van der Waals surface area contributed by atoms with E-state index in [1.165, 1.54) is 5.56 Å². The Hall–Kier alpha value is -4.33. The lowest BCUT2D eigenvalue weighted by atomic mass is 10.1. The Morgan fingerprint density at radius 1 is 1.06 bits per heavy atom. The van der Waals surface area contributed by atoms with Gasteiger partial charge in [0.2, 0.25) is 5.95 Å². The van der Waals surface area contributed by atoms with Crippen LogP contribution in [0.4, 0.5) is 5.95 Å². The molecule has 5 aromatic rings. The van der Waals surface area contributed by atoms with E-state index in [2.05, 4.69) is 51.7 Å². The highest BCUT2D eigenvalue weighted by Crippen LogP contribution is 2.25. The van der Waals surface area contributed by atoms with E-state index in [0.29, 0.717) is 17.8 Å². The van der Waals surface area contributed by atoms with Crippen LogP contribution in [0.25, 0.3) is 22.2 Å². The average molecular weight is 438 g/mol. The fraction of sp³-hybridized carbons (Fsp3) is 0.160. The molecule has 3 heterocycles. The first-order valence-corrected chi connectivity index (χ1v) is 10.8. The molecule has 0 atom stereocenters. The molecule has 0 bridgehead atoms. The number of hydrogen-bond donors (Lipinski definition) is 1. The topological polar surface area (TPSA) is 90.5 Å². The van der Waals surface area contributed by atoms with Crippen molar-refractivity contribution in [2.24, 2.45) is 0 Å². The average Bonchev–Trinajstić information content (AvgIpc) is 3.49. The van der Waals surface area contributed by atoms with E-state index in [1.807, 2.05) is 42.1 Å². The van der Waals surface area contributed by atoms with E-state index < -0.39 is 0 Å². The predicted molar refractivity (Wildman–Crippen MR) is 127 cm³/mol. The summed E-state index contributed by atoms with van der Waals surface area (Å²) in [6.07, 6.45) is 5.30. The normalized spacial score (nSPS) is 11.1. The molecule has 0 aliphatic carbocycles. The Morgan fingerprint density at radius 3 is 2.67 bits per heavy atom. The fourth-order valence-corrected chi connectivity index (χ4v) is 3.66. The number of hydrogen-bond acceptors (Lipinski definition) is 5. The van der Waals surface area contributed by atoms with E-state index in [0.717, 1.165) is 28.6 Å². The Bertz CT molecular complexity index is 1430. The number of aromatic nitrogens is 6. The molecule has 0 spiro atoms. The molecule has 0 aliphatic heterocycles. The smallest absolute Gasteiger partial charge is 0.258 e. The molecule has 8 nitrogen and oxygen atoms in total. The lowest BCUT2D eigenvalue weighted by Gasteiger charge is -2.08. The van der Waals surface area contributed by atoms with Crippen molar-refractivity contribution in [2.45, 2.75) is 26.9 Å². The van der Waals surface area contributed by atoms with Gasteiger partial charge in [0.05, 0.1) is 29.5 Å². The summed E-state index contributed by atoms with van der Waals surface area (Å²) in [5.41, 5.74) is 5.11. The van der Waals surface area contributed by atoms with Crippen molar-refractivity contribution < 1.29 is 4.79 Å². The number of nitrogens with zero attached hydrogens (tertiary/aromatic N) is 6. The molecular formula is C25H23N7O. The molecule has 1 amide bonds. The van der Waals surface area contributed by atoms with Crippen LogP contribution >= 0.6 is 0 Å². The summed E-state index contributed by atoms with van der Waals surface area (Å²) in [5.74, 6) is -0.0285. The number of pyridine rings is 1. The zero-order chi connectivity index (χ0) is 22.8. The molecule has 2 aromatic carbocycles. The number of rotatable bonds is 6. The molecule has 0 aliphatic rings. The van der Waals surface area contributed by atoms with Gasteiger partial charge in [-0.1, -0.05) is 48.0 Å². The van der Waals surface area contributed by atoms with Crippen molar-refractivity contribution in [1.82, 2.24) is 29.5 Å². The van der Waals surface area contributed by atoms with Crippen LogP contribution in [0.2, 0.25) is 0 Å².